The van der Waals surface area contributed by atoms with Gasteiger partial charge in [0.05, 0.1) is 0 Å². The normalized spacial score (nSPS) is 19.2. The van der Waals surface area contributed by atoms with Crippen molar-refractivity contribution in [3.8, 4) is 0 Å². The Morgan fingerprint density at radius 3 is 2.38 bits per heavy atom. The lowest BCUT2D eigenvalue weighted by Gasteiger charge is -2.41. The summed E-state index contributed by atoms with van der Waals surface area (Å²) in [6.07, 6.45) is 1.56. The molecule has 1 N–H and O–H groups in total. The van der Waals surface area contributed by atoms with Gasteiger partial charge in [-0.2, -0.15) is 0 Å². The molecule has 0 spiro atoms. The van der Waals surface area contributed by atoms with Crippen molar-refractivity contribution in [1.82, 2.24) is 4.90 Å². The molecule has 1 unspecified atom stereocenters. The summed E-state index contributed by atoms with van der Waals surface area (Å²) in [5, 5.41) is 0. The summed E-state index contributed by atoms with van der Waals surface area (Å²) < 4.78 is 20.7. The van der Waals surface area contributed by atoms with E-state index in [0.29, 0.717) is 11.6 Å². The Hall–Kier alpha value is -1.24. The molecule has 1 aromatic carbocycles. The highest BCUT2D eigenvalue weighted by Gasteiger charge is 2.40. The van der Waals surface area contributed by atoms with Crippen LogP contribution in [0.3, 0.4) is 0 Å². The molecule has 0 aromatic heterocycles. The monoisotopic (exact) mass is 352 g/mol. The molecule has 0 radical (unpaired) electrons. The standard InChI is InChI=1S/C18H28N2O3S/c1-15(2)13-19-11-9-18(3,10-12-19)17(21)20(14-24(22)23)16-7-5-4-6-8-16/h4-8,15H,9-14H2,1-3H3,(H,22,23). The van der Waals surface area contributed by atoms with Crippen LogP contribution < -0.4 is 4.90 Å². The van der Waals surface area contributed by atoms with E-state index in [9.17, 15) is 13.6 Å². The molecule has 1 aromatic rings. The molecule has 134 valence electrons. The van der Waals surface area contributed by atoms with Crippen LogP contribution in [0.15, 0.2) is 30.3 Å². The fraction of sp³-hybridized carbons (Fsp3) is 0.611. The summed E-state index contributed by atoms with van der Waals surface area (Å²) in [6.45, 7) is 9.22. The number of benzene rings is 1. The smallest absolute Gasteiger partial charge is 0.233 e. The molecule has 1 fully saturated rings. The molecule has 1 aliphatic heterocycles. The Kier molecular flexibility index (Phi) is 6.54. The van der Waals surface area contributed by atoms with Gasteiger partial charge in [-0.3, -0.25) is 9.69 Å². The number of hydrogen-bond acceptors (Lipinski definition) is 3. The molecule has 5 nitrogen and oxygen atoms in total. The molecular formula is C18H28N2O3S. The first-order chi connectivity index (χ1) is 11.3. The van der Waals surface area contributed by atoms with E-state index < -0.39 is 16.5 Å². The van der Waals surface area contributed by atoms with Gasteiger partial charge in [-0.15, -0.1) is 0 Å². The van der Waals surface area contributed by atoms with Crippen LogP contribution in [0.4, 0.5) is 5.69 Å². The highest BCUT2D eigenvalue weighted by atomic mass is 32.2. The molecule has 0 bridgehead atoms. The van der Waals surface area contributed by atoms with Crippen LogP contribution in [0.25, 0.3) is 0 Å². The summed E-state index contributed by atoms with van der Waals surface area (Å²) in [7, 11) is 0. The van der Waals surface area contributed by atoms with Gasteiger partial charge in [-0.1, -0.05) is 39.0 Å². The highest BCUT2D eigenvalue weighted by molar-refractivity contribution is 7.79. The minimum atomic E-state index is -2.06. The molecular weight excluding hydrogens is 324 g/mol. The minimum absolute atomic E-state index is 0.0553. The van der Waals surface area contributed by atoms with Crippen LogP contribution in [0.5, 0.6) is 0 Å². The van der Waals surface area contributed by atoms with Gasteiger partial charge in [0.15, 0.2) is 11.1 Å². The van der Waals surface area contributed by atoms with Gasteiger partial charge >= 0.3 is 0 Å². The van der Waals surface area contributed by atoms with Crippen LogP contribution in [-0.2, 0) is 15.9 Å². The Bertz CT molecular complexity index is 569. The number of hydrogen-bond donors (Lipinski definition) is 1. The zero-order valence-electron chi connectivity index (χ0n) is 14.8. The number of carbonyl (C=O) groups is 1. The summed E-state index contributed by atoms with van der Waals surface area (Å²) in [6, 6.07) is 9.16. The Labute approximate surface area is 147 Å². The van der Waals surface area contributed by atoms with Crippen LogP contribution >= 0.6 is 0 Å². The minimum Gasteiger partial charge on any atom is -0.305 e. The molecule has 1 saturated heterocycles. The molecule has 6 heteroatoms. The van der Waals surface area contributed by atoms with E-state index in [0.717, 1.165) is 32.5 Å². The molecule has 24 heavy (non-hydrogen) atoms. The van der Waals surface area contributed by atoms with Crippen molar-refractivity contribution in [3.63, 3.8) is 0 Å². The van der Waals surface area contributed by atoms with E-state index in [1.54, 1.807) is 0 Å². The summed E-state index contributed by atoms with van der Waals surface area (Å²) in [5.41, 5.74) is 0.193. The molecule has 2 rings (SSSR count). The van der Waals surface area contributed by atoms with Crippen molar-refractivity contribution in [1.29, 1.82) is 0 Å². The fourth-order valence-electron chi connectivity index (χ4n) is 3.25. The zero-order valence-corrected chi connectivity index (χ0v) is 15.6. The maximum absolute atomic E-state index is 13.1. The van der Waals surface area contributed by atoms with E-state index in [1.807, 2.05) is 37.3 Å². The van der Waals surface area contributed by atoms with Gasteiger partial charge in [0, 0.05) is 17.6 Å². The van der Waals surface area contributed by atoms with E-state index in [-0.39, 0.29) is 11.8 Å². The van der Waals surface area contributed by atoms with Crippen LogP contribution in [0, 0.1) is 11.3 Å². The van der Waals surface area contributed by atoms with E-state index >= 15 is 0 Å². The average molecular weight is 353 g/mol. The maximum Gasteiger partial charge on any atom is 0.233 e. The fourth-order valence-corrected chi connectivity index (χ4v) is 3.74. The predicted octanol–water partition coefficient (Wildman–Crippen LogP) is 2.96. The van der Waals surface area contributed by atoms with Crippen molar-refractivity contribution in [2.24, 2.45) is 11.3 Å². The predicted molar refractivity (Wildman–Crippen MR) is 98.2 cm³/mol. The van der Waals surface area contributed by atoms with Crippen molar-refractivity contribution in [2.45, 2.75) is 33.6 Å². The summed E-state index contributed by atoms with van der Waals surface area (Å²) >= 11 is -2.06. The second-order valence-electron chi connectivity index (χ2n) is 7.27. The van der Waals surface area contributed by atoms with Gasteiger partial charge in [-0.25, -0.2) is 4.21 Å². The largest absolute Gasteiger partial charge is 0.305 e. The molecule has 0 aliphatic carbocycles. The molecule has 0 saturated carbocycles. The Morgan fingerprint density at radius 1 is 1.29 bits per heavy atom. The average Bonchev–Trinajstić information content (AvgIpc) is 2.54. The number of likely N-dealkylation sites (tertiary alicyclic amines) is 1. The topological polar surface area (TPSA) is 60.9 Å². The van der Waals surface area contributed by atoms with Crippen molar-refractivity contribution >= 4 is 22.7 Å². The number of rotatable bonds is 6. The van der Waals surface area contributed by atoms with Crippen LogP contribution in [-0.4, -0.2) is 45.1 Å². The first-order valence-corrected chi connectivity index (χ1v) is 9.76. The van der Waals surface area contributed by atoms with E-state index in [4.69, 9.17) is 0 Å². The lowest BCUT2D eigenvalue weighted by Crippen LogP contribution is -2.50. The third-order valence-electron chi connectivity index (χ3n) is 4.65. The molecule has 1 amide bonds. The van der Waals surface area contributed by atoms with Gasteiger partial charge < -0.3 is 9.45 Å². The summed E-state index contributed by atoms with van der Waals surface area (Å²) in [5.74, 6) is 0.372. The Morgan fingerprint density at radius 2 is 1.88 bits per heavy atom. The first-order valence-electron chi connectivity index (χ1n) is 8.48. The van der Waals surface area contributed by atoms with E-state index in [1.165, 1.54) is 4.90 Å². The van der Waals surface area contributed by atoms with Crippen molar-refractivity contribution < 1.29 is 13.6 Å². The number of carbonyl (C=O) groups excluding carboxylic acids is 1. The maximum atomic E-state index is 13.1. The van der Waals surface area contributed by atoms with E-state index in [2.05, 4.69) is 18.7 Å². The van der Waals surface area contributed by atoms with Gasteiger partial charge in [-0.05, 0) is 44.0 Å². The number of amides is 1. The number of para-hydroxylation sites is 1. The van der Waals surface area contributed by atoms with Gasteiger partial charge in [0.25, 0.3) is 0 Å². The third kappa shape index (κ3) is 4.88. The number of nitrogens with zero attached hydrogens (tertiary/aromatic N) is 2. The molecule has 1 heterocycles. The Balaban J connectivity index is 2.13. The van der Waals surface area contributed by atoms with Crippen LogP contribution in [0.1, 0.15) is 33.6 Å². The molecule has 1 aliphatic rings. The number of anilines is 1. The van der Waals surface area contributed by atoms with Crippen molar-refractivity contribution in [3.05, 3.63) is 30.3 Å². The third-order valence-corrected chi connectivity index (χ3v) is 5.13. The second kappa shape index (κ2) is 8.23. The van der Waals surface area contributed by atoms with Gasteiger partial charge in [0.2, 0.25) is 5.91 Å². The first kappa shape index (κ1) is 19.1. The molecule has 1 atom stereocenters. The van der Waals surface area contributed by atoms with Gasteiger partial charge in [0.1, 0.15) is 5.88 Å². The summed E-state index contributed by atoms with van der Waals surface area (Å²) in [4.78, 5) is 17.0. The number of piperidine rings is 1. The second-order valence-corrected chi connectivity index (χ2v) is 8.18. The van der Waals surface area contributed by atoms with Crippen molar-refractivity contribution in [2.75, 3.05) is 30.4 Å². The zero-order chi connectivity index (χ0) is 17.7. The highest BCUT2D eigenvalue weighted by Crippen LogP contribution is 2.34. The van der Waals surface area contributed by atoms with Crippen LogP contribution in [0.2, 0.25) is 0 Å². The SMILES string of the molecule is CC(C)CN1CCC(C)(C(=O)N(CS(=O)O)c2ccccc2)CC1. The quantitative estimate of drug-likeness (QED) is 0.800. The lowest BCUT2D eigenvalue weighted by molar-refractivity contribution is -0.129. The lowest BCUT2D eigenvalue weighted by atomic mass is 9.79.